The number of fused-ring (bicyclic) bond motifs is 2. The van der Waals surface area contributed by atoms with Gasteiger partial charge in [-0.2, -0.15) is 0 Å². The SMILES string of the molecule is COc1cccc(C(=O)N=C2C=CC3C(=C2)NC(=O)C2=C3CCC2)c1. The summed E-state index contributed by atoms with van der Waals surface area (Å²) < 4.78 is 5.14. The van der Waals surface area contributed by atoms with Gasteiger partial charge in [0.15, 0.2) is 0 Å². The minimum absolute atomic E-state index is 0.0104. The van der Waals surface area contributed by atoms with Crippen LogP contribution in [0.4, 0.5) is 0 Å². The highest BCUT2D eigenvalue weighted by Gasteiger charge is 2.34. The summed E-state index contributed by atoms with van der Waals surface area (Å²) in [5, 5.41) is 2.95. The summed E-state index contributed by atoms with van der Waals surface area (Å²) in [6.07, 6.45) is 8.52. The number of ether oxygens (including phenoxy) is 1. The van der Waals surface area contributed by atoms with Crippen LogP contribution in [0.15, 0.2) is 64.3 Å². The van der Waals surface area contributed by atoms with Crippen molar-refractivity contribution in [3.05, 3.63) is 64.9 Å². The quantitative estimate of drug-likeness (QED) is 0.904. The number of aliphatic imine (C=N–C) groups is 1. The molecule has 0 saturated heterocycles. The van der Waals surface area contributed by atoms with E-state index in [2.05, 4.69) is 10.3 Å². The number of amides is 2. The molecule has 25 heavy (non-hydrogen) atoms. The van der Waals surface area contributed by atoms with Crippen LogP contribution < -0.4 is 10.1 Å². The highest BCUT2D eigenvalue weighted by atomic mass is 16.5. The van der Waals surface area contributed by atoms with Crippen LogP contribution in [0.1, 0.15) is 29.6 Å². The first-order valence-electron chi connectivity index (χ1n) is 8.36. The van der Waals surface area contributed by atoms with Crippen LogP contribution >= 0.6 is 0 Å². The van der Waals surface area contributed by atoms with E-state index in [9.17, 15) is 9.59 Å². The second-order valence-electron chi connectivity index (χ2n) is 6.32. The average molecular weight is 334 g/mol. The first-order chi connectivity index (χ1) is 12.2. The number of methoxy groups -OCH3 is 1. The molecular weight excluding hydrogens is 316 g/mol. The van der Waals surface area contributed by atoms with Gasteiger partial charge in [-0.15, -0.1) is 0 Å². The second kappa shape index (κ2) is 6.16. The molecule has 1 aromatic carbocycles. The zero-order valence-corrected chi connectivity index (χ0v) is 13.9. The van der Waals surface area contributed by atoms with Crippen molar-refractivity contribution >= 4 is 17.5 Å². The van der Waals surface area contributed by atoms with Crippen LogP contribution in [0.3, 0.4) is 0 Å². The molecule has 2 amide bonds. The Kier molecular flexibility index (Phi) is 3.84. The standard InChI is InChI=1S/C20H18N2O3/c1-25-14-5-2-4-12(10-14)19(23)21-13-8-9-16-15-6-3-7-17(15)20(24)22-18(16)11-13/h2,4-5,8-11,16H,3,6-7H2,1H3,(H,22,24). The monoisotopic (exact) mass is 334 g/mol. The average Bonchev–Trinajstić information content (AvgIpc) is 3.12. The molecule has 2 aliphatic carbocycles. The zero-order valence-electron chi connectivity index (χ0n) is 13.9. The molecule has 0 bridgehead atoms. The maximum Gasteiger partial charge on any atom is 0.277 e. The molecule has 0 spiro atoms. The van der Waals surface area contributed by atoms with Crippen molar-refractivity contribution in [1.29, 1.82) is 0 Å². The second-order valence-corrected chi connectivity index (χ2v) is 6.32. The summed E-state index contributed by atoms with van der Waals surface area (Å²) in [4.78, 5) is 28.8. The molecule has 3 aliphatic rings. The molecule has 5 nitrogen and oxygen atoms in total. The third kappa shape index (κ3) is 2.82. The van der Waals surface area contributed by atoms with Gasteiger partial charge in [0.25, 0.3) is 11.8 Å². The molecule has 5 heteroatoms. The summed E-state index contributed by atoms with van der Waals surface area (Å²) in [7, 11) is 1.56. The number of nitrogens with one attached hydrogen (secondary N) is 1. The number of rotatable bonds is 2. The van der Waals surface area contributed by atoms with Crippen molar-refractivity contribution in [2.24, 2.45) is 10.9 Å². The van der Waals surface area contributed by atoms with Gasteiger partial charge in [0.2, 0.25) is 0 Å². The Morgan fingerprint density at radius 2 is 2.20 bits per heavy atom. The lowest BCUT2D eigenvalue weighted by Crippen LogP contribution is -2.35. The first-order valence-corrected chi connectivity index (χ1v) is 8.36. The van der Waals surface area contributed by atoms with Gasteiger partial charge in [-0.1, -0.05) is 12.1 Å². The van der Waals surface area contributed by atoms with E-state index in [4.69, 9.17) is 4.74 Å². The number of allylic oxidation sites excluding steroid dienone is 3. The number of hydrogen-bond acceptors (Lipinski definition) is 3. The van der Waals surface area contributed by atoms with E-state index in [1.165, 1.54) is 5.57 Å². The Bertz CT molecular complexity index is 890. The van der Waals surface area contributed by atoms with Crippen LogP contribution in [0, 0.1) is 5.92 Å². The molecule has 1 aromatic rings. The highest BCUT2D eigenvalue weighted by Crippen LogP contribution is 2.39. The highest BCUT2D eigenvalue weighted by molar-refractivity contribution is 6.14. The fourth-order valence-electron chi connectivity index (χ4n) is 3.60. The number of carbonyl (C=O) groups excluding carboxylic acids is 2. The summed E-state index contributed by atoms with van der Waals surface area (Å²) in [5.74, 6) is 0.380. The van der Waals surface area contributed by atoms with E-state index < -0.39 is 0 Å². The molecule has 1 N–H and O–H groups in total. The Morgan fingerprint density at radius 1 is 1.32 bits per heavy atom. The fraction of sp³-hybridized carbons (Fsp3) is 0.250. The third-order valence-electron chi connectivity index (χ3n) is 4.81. The summed E-state index contributed by atoms with van der Waals surface area (Å²) in [5.41, 5.74) is 3.96. The van der Waals surface area contributed by atoms with Crippen molar-refractivity contribution in [2.75, 3.05) is 7.11 Å². The van der Waals surface area contributed by atoms with Crippen LogP contribution in [0.25, 0.3) is 0 Å². The largest absolute Gasteiger partial charge is 0.497 e. The Morgan fingerprint density at radius 3 is 3.04 bits per heavy atom. The van der Waals surface area contributed by atoms with Crippen LogP contribution in [-0.2, 0) is 4.79 Å². The van der Waals surface area contributed by atoms with E-state index in [0.29, 0.717) is 17.0 Å². The van der Waals surface area contributed by atoms with Gasteiger partial charge in [-0.3, -0.25) is 9.59 Å². The minimum Gasteiger partial charge on any atom is -0.497 e. The van der Waals surface area contributed by atoms with E-state index in [1.807, 2.05) is 12.2 Å². The molecule has 0 aromatic heterocycles. The van der Waals surface area contributed by atoms with Gasteiger partial charge in [0, 0.05) is 22.8 Å². The van der Waals surface area contributed by atoms with Gasteiger partial charge >= 0.3 is 0 Å². The molecule has 4 rings (SSSR count). The molecular formula is C20H18N2O3. The predicted molar refractivity (Wildman–Crippen MR) is 94.5 cm³/mol. The molecule has 0 radical (unpaired) electrons. The Balaban J connectivity index is 1.61. The Hall–Kier alpha value is -2.95. The lowest BCUT2D eigenvalue weighted by molar-refractivity contribution is -0.117. The van der Waals surface area contributed by atoms with Gasteiger partial charge in [0.05, 0.1) is 12.8 Å². The van der Waals surface area contributed by atoms with Crippen molar-refractivity contribution in [1.82, 2.24) is 5.32 Å². The van der Waals surface area contributed by atoms with E-state index in [0.717, 1.165) is 30.5 Å². The normalized spacial score (nSPS) is 23.1. The summed E-state index contributed by atoms with van der Waals surface area (Å²) in [6.45, 7) is 0. The number of benzene rings is 1. The van der Waals surface area contributed by atoms with E-state index in [1.54, 1.807) is 37.5 Å². The smallest absolute Gasteiger partial charge is 0.277 e. The molecule has 1 heterocycles. The molecule has 1 unspecified atom stereocenters. The lowest BCUT2D eigenvalue weighted by atomic mass is 9.85. The van der Waals surface area contributed by atoms with Crippen LogP contribution in [-0.4, -0.2) is 24.6 Å². The lowest BCUT2D eigenvalue weighted by Gasteiger charge is -2.28. The molecule has 1 atom stereocenters. The molecule has 0 fully saturated rings. The topological polar surface area (TPSA) is 67.8 Å². The van der Waals surface area contributed by atoms with Crippen molar-refractivity contribution < 1.29 is 14.3 Å². The maximum atomic E-state index is 12.4. The van der Waals surface area contributed by atoms with Crippen molar-refractivity contribution in [3.8, 4) is 5.75 Å². The third-order valence-corrected chi connectivity index (χ3v) is 4.81. The van der Waals surface area contributed by atoms with Crippen molar-refractivity contribution in [3.63, 3.8) is 0 Å². The van der Waals surface area contributed by atoms with Crippen molar-refractivity contribution in [2.45, 2.75) is 19.3 Å². The molecule has 1 aliphatic heterocycles. The van der Waals surface area contributed by atoms with E-state index in [-0.39, 0.29) is 17.7 Å². The molecule has 0 saturated carbocycles. The maximum absolute atomic E-state index is 12.4. The summed E-state index contributed by atoms with van der Waals surface area (Å²) >= 11 is 0. The first kappa shape index (κ1) is 15.6. The number of nitrogens with zero attached hydrogens (tertiary/aromatic N) is 1. The van der Waals surface area contributed by atoms with Gasteiger partial charge in [-0.05, 0) is 55.2 Å². The van der Waals surface area contributed by atoms with Crippen LogP contribution in [0.2, 0.25) is 0 Å². The van der Waals surface area contributed by atoms with Crippen LogP contribution in [0.5, 0.6) is 5.75 Å². The zero-order chi connectivity index (χ0) is 17.4. The summed E-state index contributed by atoms with van der Waals surface area (Å²) in [6, 6.07) is 6.90. The predicted octanol–water partition coefficient (Wildman–Crippen LogP) is 2.96. The fourth-order valence-corrected chi connectivity index (χ4v) is 3.60. The van der Waals surface area contributed by atoms with Gasteiger partial charge in [-0.25, -0.2) is 4.99 Å². The number of carbonyl (C=O) groups is 2. The Labute approximate surface area is 145 Å². The minimum atomic E-state index is -0.336. The van der Waals surface area contributed by atoms with E-state index >= 15 is 0 Å². The van der Waals surface area contributed by atoms with Gasteiger partial charge in [0.1, 0.15) is 5.75 Å². The molecule has 126 valence electrons. The number of hydrogen-bond donors (Lipinski definition) is 1. The van der Waals surface area contributed by atoms with Gasteiger partial charge < -0.3 is 10.1 Å².